The lowest BCUT2D eigenvalue weighted by Crippen LogP contribution is -2.29. The Bertz CT molecular complexity index is 4840. The molecule has 0 amide bonds. The number of ether oxygens (including phenoxy) is 3. The summed E-state index contributed by atoms with van der Waals surface area (Å²) in [5.41, 5.74) is 15.1. The van der Waals surface area contributed by atoms with Gasteiger partial charge in [-0.3, -0.25) is 14.4 Å². The molecule has 3 aliphatic rings. The molecule has 0 unspecified atom stereocenters. The van der Waals surface area contributed by atoms with Gasteiger partial charge in [0.2, 0.25) is 17.3 Å². The number of ketones is 3. The average Bonchev–Trinajstić information content (AvgIpc) is 1.62. The van der Waals surface area contributed by atoms with Crippen LogP contribution in [0.3, 0.4) is 0 Å². The number of hydrogen-bond donors (Lipinski definition) is 3. The van der Waals surface area contributed by atoms with E-state index in [1.54, 1.807) is 36.4 Å². The van der Waals surface area contributed by atoms with E-state index in [9.17, 15) is 29.7 Å². The second kappa shape index (κ2) is 32.5. The molecule has 14 heteroatoms. The number of carbonyl (C=O) groups is 3. The van der Waals surface area contributed by atoms with Crippen molar-refractivity contribution in [3.63, 3.8) is 0 Å². The molecule has 1 aliphatic carbocycles. The zero-order chi connectivity index (χ0) is 72.2. The van der Waals surface area contributed by atoms with Crippen LogP contribution in [-0.2, 0) is 0 Å². The van der Waals surface area contributed by atoms with Crippen molar-refractivity contribution in [2.24, 2.45) is 0 Å². The summed E-state index contributed by atoms with van der Waals surface area (Å²) in [6, 6.07) is 52.5. The predicted molar refractivity (Wildman–Crippen MR) is 432 cm³/mol. The molecule has 0 spiro atoms. The minimum absolute atomic E-state index is 0. The lowest BCUT2D eigenvalue weighted by molar-refractivity contribution is 0.103. The molecule has 2 saturated heterocycles. The monoisotopic (exact) mass is 1440 g/mol. The van der Waals surface area contributed by atoms with E-state index in [-0.39, 0.29) is 42.0 Å². The fraction of sp³-hybridized carbons (Fsp3) is 0.300. The Balaban J connectivity index is 0.000000146. The largest absolute Gasteiger partial charge is 0.508 e. The Labute approximate surface area is 624 Å². The summed E-state index contributed by atoms with van der Waals surface area (Å²) in [5.74, 6) is 4.82. The van der Waals surface area contributed by atoms with Crippen LogP contribution in [0.15, 0.2) is 164 Å². The van der Waals surface area contributed by atoms with Crippen molar-refractivity contribution in [2.75, 3.05) is 36.0 Å². The highest BCUT2D eigenvalue weighted by molar-refractivity contribution is 7.22. The molecule has 15 rings (SSSR count). The van der Waals surface area contributed by atoms with E-state index in [0.29, 0.717) is 60.4 Å². The highest BCUT2D eigenvalue weighted by Crippen LogP contribution is 2.48. The van der Waals surface area contributed by atoms with E-state index in [0.717, 1.165) is 118 Å². The summed E-state index contributed by atoms with van der Waals surface area (Å²) in [7, 11) is 0. The Morgan fingerprint density at radius 2 is 0.615 bits per heavy atom. The number of rotatable bonds is 15. The fourth-order valence-electron chi connectivity index (χ4n) is 15.4. The molecule has 0 atom stereocenters. The van der Waals surface area contributed by atoms with Gasteiger partial charge in [0.05, 0.1) is 0 Å². The third-order valence-corrected chi connectivity index (χ3v) is 23.6. The van der Waals surface area contributed by atoms with E-state index in [4.69, 9.17) is 14.2 Å². The minimum Gasteiger partial charge on any atom is -0.508 e. The molecule has 11 nitrogen and oxygen atoms in total. The quantitative estimate of drug-likeness (QED) is 0.0843. The summed E-state index contributed by atoms with van der Waals surface area (Å²) in [4.78, 5) is 47.9. The molecule has 12 aromatic rings. The fourth-order valence-corrected chi connectivity index (χ4v) is 18.7. The van der Waals surface area contributed by atoms with Crippen molar-refractivity contribution in [3.8, 4) is 51.7 Å². The number of aromatic hydroxyl groups is 3. The van der Waals surface area contributed by atoms with Gasteiger partial charge in [0.15, 0.2) is 17.2 Å². The number of phenolic OH excluding ortho intramolecular Hbond substituents is 3. The Hall–Kier alpha value is -9.73. The SMILES string of the molecule is C.Cc1cc(C)c(C(=O)c2sc3cc(O)ccc3c2Oc2ccc(C3CCCCC3)cc2)c(C)c1.Cc1cc(C)c(C(=O)c2sc3cc(O)ccc3c2Oc2ccc(N3CCCCC3)cc2)c(C)c1.Cc1cc(C)c(C(=O)c2sc3cc(O)ccc3c2Oc2ccc(N3CCCCCC3)cc2)c(C)c1. The molecule has 3 N–H and O–H groups in total. The van der Waals surface area contributed by atoms with Crippen molar-refractivity contribution in [1.82, 2.24) is 0 Å². The second-order valence-corrected chi connectivity index (χ2v) is 31.4. The number of aryl methyl sites for hydroxylation is 9. The summed E-state index contributed by atoms with van der Waals surface area (Å²) < 4.78 is 21.7. The number of thiophene rings is 3. The zero-order valence-electron chi connectivity index (χ0n) is 60.4. The van der Waals surface area contributed by atoms with Gasteiger partial charge in [0.1, 0.15) is 49.1 Å². The number of benzene rings is 9. The Kier molecular flexibility index (Phi) is 23.1. The van der Waals surface area contributed by atoms with Crippen LogP contribution in [0, 0.1) is 62.3 Å². The number of anilines is 2. The standard InChI is InChI=1S/C30H31NO3S.C30H30O3S.C29H29NO3S.CH4/c1-19-16-20(2)27(21(3)17-19)28(33)30-29(25-13-10-23(32)18-26(25)35-30)34-24-11-8-22(9-12-24)31-14-6-4-5-7-15-31;1-18-15-19(2)27(20(3)16-18)28(32)30-29(25-14-11-23(31)17-26(25)34-30)33-24-12-9-22(10-13-24)21-7-5-4-6-8-21;1-18-15-19(2)26(20(3)16-18)27(32)29-28(24-12-9-22(31)17-25(24)34-29)33-23-10-7-21(8-11-23)30-13-5-4-6-14-30;/h8-13,16-18,32H,4-7,14-15H2,1-3H3;9-17,21,31H,4-8H2,1-3H3;7-12,15-17,31H,4-6,13-14H2,1-3H3;1H4. The van der Waals surface area contributed by atoms with Crippen molar-refractivity contribution in [1.29, 1.82) is 0 Å². The molecule has 9 aromatic carbocycles. The first kappa shape index (κ1) is 74.0. The van der Waals surface area contributed by atoms with Crippen LogP contribution < -0.4 is 24.0 Å². The third-order valence-electron chi connectivity index (χ3n) is 20.2. The maximum absolute atomic E-state index is 13.8. The lowest BCUT2D eigenvalue weighted by atomic mass is 9.84. The van der Waals surface area contributed by atoms with Gasteiger partial charge in [-0.05, 0) is 267 Å². The number of fused-ring (bicyclic) bond motifs is 3. The average molecular weight is 1440 g/mol. The summed E-state index contributed by atoms with van der Waals surface area (Å²) in [6.07, 6.45) is 15.3. The minimum atomic E-state index is -0.0457. The topological polar surface area (TPSA) is 146 Å². The smallest absolute Gasteiger partial charge is 0.207 e. The van der Waals surface area contributed by atoms with E-state index in [2.05, 4.69) is 46.2 Å². The molecule has 2 aliphatic heterocycles. The van der Waals surface area contributed by atoms with Gasteiger partial charge < -0.3 is 39.3 Å². The molecule has 5 heterocycles. The van der Waals surface area contributed by atoms with Crippen LogP contribution in [0.2, 0.25) is 0 Å². The molecule has 0 bridgehead atoms. The predicted octanol–water partition coefficient (Wildman–Crippen LogP) is 24.7. The molecule has 536 valence electrons. The van der Waals surface area contributed by atoms with Crippen molar-refractivity contribution in [3.05, 3.63) is 251 Å². The van der Waals surface area contributed by atoms with E-state index in [1.807, 2.05) is 153 Å². The number of hydrogen-bond acceptors (Lipinski definition) is 14. The molecule has 104 heavy (non-hydrogen) atoms. The van der Waals surface area contributed by atoms with Crippen LogP contribution in [-0.4, -0.2) is 58.8 Å². The van der Waals surface area contributed by atoms with E-state index >= 15 is 0 Å². The molecule has 1 saturated carbocycles. The van der Waals surface area contributed by atoms with E-state index in [1.165, 1.54) is 128 Å². The number of nitrogens with zero attached hydrogens (tertiary/aromatic N) is 2. The van der Waals surface area contributed by atoms with Gasteiger partial charge >= 0.3 is 0 Å². The second-order valence-electron chi connectivity index (χ2n) is 28.3. The van der Waals surface area contributed by atoms with Crippen LogP contribution in [0.5, 0.6) is 51.7 Å². The van der Waals surface area contributed by atoms with Crippen LogP contribution in [0.25, 0.3) is 30.3 Å². The van der Waals surface area contributed by atoms with Crippen molar-refractivity contribution < 1.29 is 43.9 Å². The Morgan fingerprint density at radius 1 is 0.346 bits per heavy atom. The number of phenols is 3. The van der Waals surface area contributed by atoms with Crippen molar-refractivity contribution in [2.45, 2.75) is 153 Å². The summed E-state index contributed by atoms with van der Waals surface area (Å²) in [6.45, 7) is 22.4. The van der Waals surface area contributed by atoms with Crippen molar-refractivity contribution >= 4 is 93.0 Å². The maximum atomic E-state index is 13.8. The molecule has 0 radical (unpaired) electrons. The first-order chi connectivity index (χ1) is 49.7. The summed E-state index contributed by atoms with van der Waals surface area (Å²) >= 11 is 4.11. The molecule has 3 fully saturated rings. The first-order valence-electron chi connectivity index (χ1n) is 36.2. The third kappa shape index (κ3) is 16.4. The number of carbonyl (C=O) groups excluding carboxylic acids is 3. The lowest BCUT2D eigenvalue weighted by Gasteiger charge is -2.28. The number of piperidine rings is 1. The highest BCUT2D eigenvalue weighted by Gasteiger charge is 2.29. The van der Waals surface area contributed by atoms with Gasteiger partial charge in [-0.25, -0.2) is 0 Å². The van der Waals surface area contributed by atoms with E-state index < -0.39 is 0 Å². The normalized spacial score (nSPS) is 14.0. The maximum Gasteiger partial charge on any atom is 0.207 e. The van der Waals surface area contributed by atoms with Gasteiger partial charge in [0, 0.05) is 84.5 Å². The summed E-state index contributed by atoms with van der Waals surface area (Å²) in [5, 5.41) is 32.6. The molecular weight excluding hydrogens is 1350 g/mol. The van der Waals surface area contributed by atoms with Crippen LogP contribution in [0.1, 0.15) is 192 Å². The van der Waals surface area contributed by atoms with Gasteiger partial charge in [-0.15, -0.1) is 34.0 Å². The van der Waals surface area contributed by atoms with Crippen LogP contribution in [0.4, 0.5) is 11.4 Å². The first-order valence-corrected chi connectivity index (χ1v) is 38.6. The Morgan fingerprint density at radius 3 is 0.913 bits per heavy atom. The zero-order valence-corrected chi connectivity index (χ0v) is 62.8. The highest BCUT2D eigenvalue weighted by atomic mass is 32.1. The van der Waals surface area contributed by atoms with Gasteiger partial charge in [0.25, 0.3) is 0 Å². The van der Waals surface area contributed by atoms with Gasteiger partial charge in [-0.1, -0.05) is 105 Å². The van der Waals surface area contributed by atoms with Crippen LogP contribution >= 0.6 is 34.0 Å². The molecule has 3 aromatic heterocycles. The van der Waals surface area contributed by atoms with Gasteiger partial charge in [-0.2, -0.15) is 0 Å². The molecular formula is C90H94N2O9S3.